The predicted octanol–water partition coefficient (Wildman–Crippen LogP) is 7.34. The molecule has 0 bridgehead atoms. The number of hydrogen-bond donors (Lipinski definition) is 0. The fourth-order valence-corrected chi connectivity index (χ4v) is 8.76. The lowest BCUT2D eigenvalue weighted by molar-refractivity contribution is -0.171. The summed E-state index contributed by atoms with van der Waals surface area (Å²) < 4.78 is 19.9. The van der Waals surface area contributed by atoms with E-state index >= 15 is 0 Å². The number of methoxy groups -OCH3 is 1. The van der Waals surface area contributed by atoms with E-state index in [1.807, 2.05) is 57.5 Å². The molecule has 2 aromatic heterocycles. The number of carbonyl (C=O) groups is 3. The van der Waals surface area contributed by atoms with Crippen LogP contribution in [0, 0.1) is 29.1 Å². The second kappa shape index (κ2) is 14.9. The van der Waals surface area contributed by atoms with E-state index in [0.717, 1.165) is 24.2 Å². The van der Waals surface area contributed by atoms with Crippen molar-refractivity contribution < 1.29 is 28.6 Å². The van der Waals surface area contributed by atoms with Crippen LogP contribution >= 0.6 is 22.6 Å². The van der Waals surface area contributed by atoms with Crippen molar-refractivity contribution in [2.24, 2.45) is 29.1 Å². The number of amides is 1. The molecule has 47 heavy (non-hydrogen) atoms. The first-order valence-electron chi connectivity index (χ1n) is 17.0. The third kappa shape index (κ3) is 7.55. The number of unbranched alkanes of at least 4 members (excludes halogenated alkanes) is 1. The summed E-state index contributed by atoms with van der Waals surface area (Å²) >= 11 is 2.36. The Kier molecular flexibility index (Phi) is 11.8. The molecule has 0 radical (unpaired) electrons. The van der Waals surface area contributed by atoms with Crippen molar-refractivity contribution in [3.05, 3.63) is 37.1 Å². The van der Waals surface area contributed by atoms with Crippen LogP contribution in [0.3, 0.4) is 0 Å². The number of imidazole rings is 1. The highest BCUT2D eigenvalue weighted by molar-refractivity contribution is 14.1. The molecule has 1 amide bonds. The fraction of sp³-hybridized carbons (Fsp3) is 0.694. The molecular formula is C36H53IN4O6. The Labute approximate surface area is 293 Å². The molecule has 0 saturated carbocycles. The minimum absolute atomic E-state index is 0.0408. The van der Waals surface area contributed by atoms with E-state index < -0.39 is 33.4 Å². The number of halogens is 1. The number of aryl methyl sites for hydroxylation is 1. The van der Waals surface area contributed by atoms with Crippen molar-refractivity contribution in [1.82, 2.24) is 19.4 Å². The van der Waals surface area contributed by atoms with Crippen LogP contribution in [0.4, 0.5) is 4.79 Å². The molecule has 260 valence electrons. The van der Waals surface area contributed by atoms with Gasteiger partial charge in [0, 0.05) is 61.6 Å². The lowest BCUT2D eigenvalue weighted by Gasteiger charge is -2.48. The summed E-state index contributed by atoms with van der Waals surface area (Å²) in [6, 6.07) is 3.25. The molecule has 2 saturated heterocycles. The normalized spacial score (nSPS) is 33.6. The topological polar surface area (TPSA) is 113 Å². The van der Waals surface area contributed by atoms with Crippen LogP contribution in [-0.2, 0) is 30.3 Å². The molecule has 2 aliphatic rings. The van der Waals surface area contributed by atoms with E-state index in [-0.39, 0.29) is 34.9 Å². The predicted molar refractivity (Wildman–Crippen MR) is 189 cm³/mol. The summed E-state index contributed by atoms with van der Waals surface area (Å²) in [5, 5.41) is 0. The van der Waals surface area contributed by atoms with Gasteiger partial charge in [-0.25, -0.2) is 9.78 Å². The van der Waals surface area contributed by atoms with Crippen LogP contribution < -0.4 is 0 Å². The van der Waals surface area contributed by atoms with Gasteiger partial charge in [0.2, 0.25) is 0 Å². The number of ether oxygens (including phenoxy) is 3. The number of nitrogens with zero attached hydrogens (tertiary/aromatic N) is 4. The summed E-state index contributed by atoms with van der Waals surface area (Å²) in [5.74, 6) is -1.46. The Hall–Kier alpha value is -2.54. The smallest absolute Gasteiger partial charge is 0.410 e. The van der Waals surface area contributed by atoms with Crippen molar-refractivity contribution in [2.75, 3.05) is 13.7 Å². The second-order valence-corrected chi connectivity index (χ2v) is 16.2. The number of rotatable bonds is 8. The Morgan fingerprint density at radius 2 is 1.77 bits per heavy atom. The first kappa shape index (κ1) is 37.3. The van der Waals surface area contributed by atoms with Gasteiger partial charge >= 0.3 is 12.1 Å². The van der Waals surface area contributed by atoms with Crippen molar-refractivity contribution in [3.63, 3.8) is 0 Å². The molecule has 4 rings (SSSR count). The largest absolute Gasteiger partial charge is 0.458 e. The molecule has 8 atom stereocenters. The number of pyridine rings is 1. The zero-order valence-electron chi connectivity index (χ0n) is 29.5. The van der Waals surface area contributed by atoms with Crippen LogP contribution in [0.2, 0.25) is 0 Å². The molecular weight excluding hydrogens is 711 g/mol. The van der Waals surface area contributed by atoms with E-state index in [1.165, 1.54) is 0 Å². The summed E-state index contributed by atoms with van der Waals surface area (Å²) in [5.41, 5.74) is 0.256. The van der Waals surface area contributed by atoms with Gasteiger partial charge in [0.15, 0.2) is 5.60 Å². The number of aromatic nitrogens is 3. The van der Waals surface area contributed by atoms with Crippen LogP contribution in [0.15, 0.2) is 37.1 Å². The van der Waals surface area contributed by atoms with Crippen LogP contribution in [0.25, 0.3) is 11.3 Å². The first-order chi connectivity index (χ1) is 22.1. The van der Waals surface area contributed by atoms with Gasteiger partial charge in [0.05, 0.1) is 24.0 Å². The van der Waals surface area contributed by atoms with Gasteiger partial charge in [0.25, 0.3) is 0 Å². The molecule has 0 aliphatic carbocycles. The van der Waals surface area contributed by atoms with Gasteiger partial charge in [-0.05, 0) is 79.7 Å². The second-order valence-electron chi connectivity index (χ2n) is 14.5. The minimum Gasteiger partial charge on any atom is -0.458 e. The molecule has 0 spiro atoms. The molecule has 2 fully saturated rings. The zero-order chi connectivity index (χ0) is 34.7. The Morgan fingerprint density at radius 1 is 1.06 bits per heavy atom. The SMILES string of the molecule is CC[C@H]1OC(=O)[C@H](C)C[C@H](C)C(C)(C)[C@](I)(OC)C[C@@H](C)C(=O)[C@H](C)[C@H]2N(CCCCn3cnc(-c4cccnc4)c3)C(=O)O[C@]12C. The Balaban J connectivity index is 1.59. The number of fused-ring (bicyclic) bond motifs is 1. The molecule has 0 aromatic carbocycles. The number of alkyl halides is 1. The molecule has 10 nitrogen and oxygen atoms in total. The number of ketones is 1. The standard InChI is InChI=1S/C36H53IN4O6/c1-10-29-35(8)31(41(33(44)47-35)17-12-11-16-40-21-28(39-22-40)27-14-13-15-38-20-27)26(5)30(42)24(3)19-36(37,45-9)34(6,7)25(4)18-23(2)32(43)46-29/h13-15,20-26,29,31H,10-12,16-19H2,1-9H3/t23-,24-,25+,26+,29-,31-,35-,36-/m1/s1. The third-order valence-corrected chi connectivity index (χ3v) is 13.3. The highest BCUT2D eigenvalue weighted by Gasteiger charge is 2.60. The Morgan fingerprint density at radius 3 is 2.40 bits per heavy atom. The quantitative estimate of drug-likeness (QED) is 0.119. The molecule has 4 heterocycles. The summed E-state index contributed by atoms with van der Waals surface area (Å²) in [7, 11) is 1.69. The number of hydrogen-bond acceptors (Lipinski definition) is 8. The van der Waals surface area contributed by atoms with Crippen molar-refractivity contribution in [2.45, 2.75) is 115 Å². The van der Waals surface area contributed by atoms with Gasteiger partial charge in [-0.2, -0.15) is 0 Å². The van der Waals surface area contributed by atoms with Gasteiger partial charge in [0.1, 0.15) is 15.5 Å². The maximum atomic E-state index is 14.3. The molecule has 0 unspecified atom stereocenters. The fourth-order valence-electron chi connectivity index (χ4n) is 7.56. The van der Waals surface area contributed by atoms with E-state index in [0.29, 0.717) is 32.2 Å². The van der Waals surface area contributed by atoms with Crippen LogP contribution in [0.5, 0.6) is 0 Å². The molecule has 0 N–H and O–H groups in total. The van der Waals surface area contributed by atoms with Gasteiger partial charge in [-0.3, -0.25) is 14.6 Å². The first-order valence-corrected chi connectivity index (χ1v) is 18.1. The summed E-state index contributed by atoms with van der Waals surface area (Å²) in [6.07, 6.45) is 9.18. The summed E-state index contributed by atoms with van der Waals surface area (Å²) in [6.45, 7) is 17.1. The van der Waals surface area contributed by atoms with Gasteiger partial charge in [-0.15, -0.1) is 0 Å². The van der Waals surface area contributed by atoms with Gasteiger partial charge < -0.3 is 23.7 Å². The van der Waals surface area contributed by atoms with Crippen molar-refractivity contribution >= 4 is 40.4 Å². The number of esters is 1. The number of carbonyl (C=O) groups excluding carboxylic acids is 3. The molecule has 11 heteroatoms. The minimum atomic E-state index is -1.20. The average Bonchev–Trinajstić information content (AvgIpc) is 3.62. The third-order valence-electron chi connectivity index (χ3n) is 11.0. The molecule has 2 aliphatic heterocycles. The highest BCUT2D eigenvalue weighted by Crippen LogP contribution is 2.51. The monoisotopic (exact) mass is 764 g/mol. The number of cyclic esters (lactones) is 1. The van der Waals surface area contributed by atoms with Gasteiger partial charge in [-0.1, -0.05) is 48.5 Å². The lowest BCUT2D eigenvalue weighted by Crippen LogP contribution is -2.58. The maximum absolute atomic E-state index is 14.3. The van der Waals surface area contributed by atoms with E-state index in [4.69, 9.17) is 14.2 Å². The Bertz CT molecular complexity index is 1400. The van der Waals surface area contributed by atoms with E-state index in [1.54, 1.807) is 30.7 Å². The van der Waals surface area contributed by atoms with E-state index in [2.05, 4.69) is 53.3 Å². The van der Waals surface area contributed by atoms with Crippen LogP contribution in [0.1, 0.15) is 87.5 Å². The summed E-state index contributed by atoms with van der Waals surface area (Å²) in [4.78, 5) is 51.9. The number of Topliss-reactive ketones (excluding diaryl/α,β-unsaturated/α-hetero) is 1. The maximum Gasteiger partial charge on any atom is 0.410 e. The van der Waals surface area contributed by atoms with E-state index in [9.17, 15) is 14.4 Å². The molecule has 2 aromatic rings. The average molecular weight is 765 g/mol. The zero-order valence-corrected chi connectivity index (χ0v) is 31.7. The lowest BCUT2D eigenvalue weighted by atomic mass is 9.68. The van der Waals surface area contributed by atoms with Crippen LogP contribution in [-0.4, -0.2) is 72.3 Å². The van der Waals surface area contributed by atoms with Crippen molar-refractivity contribution in [3.8, 4) is 11.3 Å². The highest BCUT2D eigenvalue weighted by atomic mass is 127. The van der Waals surface area contributed by atoms with Crippen molar-refractivity contribution in [1.29, 1.82) is 0 Å².